The number of hydrogen-bond acceptors (Lipinski definition) is 5. The first-order valence-corrected chi connectivity index (χ1v) is 7.17. The van der Waals surface area contributed by atoms with Crippen molar-refractivity contribution in [1.29, 1.82) is 0 Å². The molecule has 18 heavy (non-hydrogen) atoms. The minimum absolute atomic E-state index is 0.357. The third-order valence-corrected chi connectivity index (χ3v) is 4.57. The Labute approximate surface area is 114 Å². The van der Waals surface area contributed by atoms with Crippen LogP contribution in [0.25, 0.3) is 11.5 Å². The third kappa shape index (κ3) is 2.20. The van der Waals surface area contributed by atoms with Crippen molar-refractivity contribution in [3.8, 4) is 11.5 Å². The Morgan fingerprint density at radius 1 is 1.44 bits per heavy atom. The quantitative estimate of drug-likeness (QED) is 0.853. The highest BCUT2D eigenvalue weighted by Gasteiger charge is 2.23. The van der Waals surface area contributed by atoms with Crippen molar-refractivity contribution in [2.24, 2.45) is 0 Å². The number of thioether (sulfide) groups is 1. The second kappa shape index (κ2) is 4.82. The molecule has 1 aliphatic rings. The van der Waals surface area contributed by atoms with Crippen LogP contribution in [0.1, 0.15) is 23.9 Å². The molecule has 4 nitrogen and oxygen atoms in total. The summed E-state index contributed by atoms with van der Waals surface area (Å²) in [5, 5.41) is 4.93. The van der Waals surface area contributed by atoms with Crippen molar-refractivity contribution in [3.05, 3.63) is 29.0 Å². The highest BCUT2D eigenvalue weighted by atomic mass is 35.5. The number of rotatable bonds is 2. The summed E-state index contributed by atoms with van der Waals surface area (Å²) in [6.07, 6.45) is 2.32. The predicted molar refractivity (Wildman–Crippen MR) is 73.6 cm³/mol. The summed E-state index contributed by atoms with van der Waals surface area (Å²) in [7, 11) is 0. The van der Waals surface area contributed by atoms with Gasteiger partial charge in [-0.3, -0.25) is 0 Å². The normalized spacial score (nSPS) is 19.3. The highest BCUT2D eigenvalue weighted by molar-refractivity contribution is 7.99. The van der Waals surface area contributed by atoms with Gasteiger partial charge in [0.1, 0.15) is 0 Å². The number of hydrogen-bond donors (Lipinski definition) is 1. The maximum absolute atomic E-state index is 6.12. The Morgan fingerprint density at radius 3 is 3.06 bits per heavy atom. The molecule has 1 aromatic heterocycles. The van der Waals surface area contributed by atoms with Crippen LogP contribution in [0.15, 0.2) is 22.7 Å². The fourth-order valence-electron chi connectivity index (χ4n) is 1.96. The Morgan fingerprint density at radius 2 is 2.33 bits per heavy atom. The summed E-state index contributed by atoms with van der Waals surface area (Å²) in [6.45, 7) is 0. The molecule has 1 saturated heterocycles. The van der Waals surface area contributed by atoms with Gasteiger partial charge in [0.15, 0.2) is 5.82 Å². The molecule has 3 rings (SSSR count). The van der Waals surface area contributed by atoms with Gasteiger partial charge in [0, 0.05) is 5.69 Å². The molecule has 1 fully saturated rings. The first-order chi connectivity index (χ1) is 8.74. The van der Waals surface area contributed by atoms with E-state index in [-0.39, 0.29) is 0 Å². The van der Waals surface area contributed by atoms with E-state index in [1.165, 1.54) is 6.42 Å². The van der Waals surface area contributed by atoms with Crippen LogP contribution in [0.5, 0.6) is 0 Å². The van der Waals surface area contributed by atoms with Crippen molar-refractivity contribution in [2.75, 3.05) is 11.5 Å². The summed E-state index contributed by atoms with van der Waals surface area (Å²) in [5.41, 5.74) is 7.01. The number of aromatic nitrogens is 2. The maximum atomic E-state index is 6.12. The molecule has 1 unspecified atom stereocenters. The first-order valence-electron chi connectivity index (χ1n) is 5.74. The molecule has 0 saturated carbocycles. The Kier molecular flexibility index (Phi) is 3.18. The number of nitrogen functional groups attached to an aromatic ring is 1. The molecule has 1 aromatic carbocycles. The molecule has 2 heterocycles. The molecule has 0 spiro atoms. The van der Waals surface area contributed by atoms with Gasteiger partial charge in [-0.1, -0.05) is 16.8 Å². The number of anilines is 1. The second-order valence-electron chi connectivity index (χ2n) is 4.20. The second-order valence-corrected chi connectivity index (χ2v) is 5.92. The molecule has 1 atom stereocenters. The van der Waals surface area contributed by atoms with Crippen LogP contribution >= 0.6 is 23.4 Å². The zero-order valence-corrected chi connectivity index (χ0v) is 11.2. The summed E-state index contributed by atoms with van der Waals surface area (Å²) < 4.78 is 5.28. The van der Waals surface area contributed by atoms with Gasteiger partial charge in [0.25, 0.3) is 5.89 Å². The van der Waals surface area contributed by atoms with Crippen LogP contribution in [0, 0.1) is 0 Å². The van der Waals surface area contributed by atoms with Crippen molar-refractivity contribution in [3.63, 3.8) is 0 Å². The van der Waals surface area contributed by atoms with E-state index in [1.54, 1.807) is 18.2 Å². The molecular formula is C12H12ClN3OS. The smallest absolute Gasteiger partial charge is 0.259 e. The number of nitrogens with two attached hydrogens (primary N) is 1. The zero-order chi connectivity index (χ0) is 12.5. The van der Waals surface area contributed by atoms with E-state index in [0.717, 1.165) is 23.6 Å². The minimum atomic E-state index is 0.357. The fourth-order valence-corrected chi connectivity index (χ4v) is 3.43. The average molecular weight is 282 g/mol. The van der Waals surface area contributed by atoms with Gasteiger partial charge in [-0.25, -0.2) is 0 Å². The largest absolute Gasteiger partial charge is 0.399 e. The van der Waals surface area contributed by atoms with Crippen LogP contribution in [0.2, 0.25) is 5.02 Å². The van der Waals surface area contributed by atoms with Crippen molar-refractivity contribution < 1.29 is 4.52 Å². The standard InChI is InChI=1S/C12H12ClN3OS/c13-9-6-7(14)3-4-8(9)12-15-11(16-17-12)10-2-1-5-18-10/h3-4,6,10H,1-2,5,14H2. The summed E-state index contributed by atoms with van der Waals surface area (Å²) in [4.78, 5) is 4.43. The summed E-state index contributed by atoms with van der Waals surface area (Å²) in [5.74, 6) is 2.39. The van der Waals surface area contributed by atoms with E-state index in [4.69, 9.17) is 21.9 Å². The molecule has 2 N–H and O–H groups in total. The number of nitrogens with zero attached hydrogens (tertiary/aromatic N) is 2. The molecule has 0 radical (unpaired) electrons. The average Bonchev–Trinajstić information content (AvgIpc) is 2.99. The molecule has 6 heteroatoms. The van der Waals surface area contributed by atoms with Gasteiger partial charge in [0.2, 0.25) is 0 Å². The van der Waals surface area contributed by atoms with Gasteiger partial charge in [-0.15, -0.1) is 0 Å². The zero-order valence-electron chi connectivity index (χ0n) is 9.60. The summed E-state index contributed by atoms with van der Waals surface area (Å²) in [6, 6.07) is 5.26. The Hall–Kier alpha value is -1.20. The molecule has 0 amide bonds. The van der Waals surface area contributed by atoms with Crippen LogP contribution in [0.4, 0.5) is 5.69 Å². The SMILES string of the molecule is Nc1ccc(-c2nc(C3CCCS3)no2)c(Cl)c1. The Balaban J connectivity index is 1.92. The van der Waals surface area contributed by atoms with Crippen molar-refractivity contribution in [1.82, 2.24) is 10.1 Å². The van der Waals surface area contributed by atoms with Crippen LogP contribution in [0.3, 0.4) is 0 Å². The van der Waals surface area contributed by atoms with Crippen molar-refractivity contribution in [2.45, 2.75) is 18.1 Å². The lowest BCUT2D eigenvalue weighted by atomic mass is 10.2. The van der Waals surface area contributed by atoms with E-state index in [0.29, 0.717) is 21.9 Å². The van der Waals surface area contributed by atoms with E-state index in [2.05, 4.69) is 10.1 Å². The van der Waals surface area contributed by atoms with E-state index < -0.39 is 0 Å². The van der Waals surface area contributed by atoms with E-state index in [9.17, 15) is 0 Å². The van der Waals surface area contributed by atoms with Gasteiger partial charge in [-0.05, 0) is 36.8 Å². The lowest BCUT2D eigenvalue weighted by Crippen LogP contribution is -1.91. The predicted octanol–water partition coefficient (Wildman–Crippen LogP) is 3.54. The van der Waals surface area contributed by atoms with E-state index in [1.807, 2.05) is 11.8 Å². The Bertz CT molecular complexity index is 566. The molecular weight excluding hydrogens is 270 g/mol. The summed E-state index contributed by atoms with van der Waals surface area (Å²) >= 11 is 7.99. The highest BCUT2D eigenvalue weighted by Crippen LogP contribution is 2.39. The van der Waals surface area contributed by atoms with E-state index >= 15 is 0 Å². The molecule has 1 aliphatic heterocycles. The minimum Gasteiger partial charge on any atom is -0.399 e. The third-order valence-electron chi connectivity index (χ3n) is 2.88. The lowest BCUT2D eigenvalue weighted by molar-refractivity contribution is 0.421. The molecule has 94 valence electrons. The molecule has 0 bridgehead atoms. The monoisotopic (exact) mass is 281 g/mol. The van der Waals surface area contributed by atoms with Gasteiger partial charge in [0.05, 0.1) is 15.8 Å². The van der Waals surface area contributed by atoms with Gasteiger partial charge in [-0.2, -0.15) is 16.7 Å². The topological polar surface area (TPSA) is 64.9 Å². The molecule has 2 aromatic rings. The van der Waals surface area contributed by atoms with Gasteiger partial charge >= 0.3 is 0 Å². The van der Waals surface area contributed by atoms with Crippen LogP contribution in [-0.4, -0.2) is 15.9 Å². The molecule has 0 aliphatic carbocycles. The van der Waals surface area contributed by atoms with Crippen LogP contribution < -0.4 is 5.73 Å². The number of benzene rings is 1. The van der Waals surface area contributed by atoms with Crippen molar-refractivity contribution >= 4 is 29.1 Å². The van der Waals surface area contributed by atoms with Crippen LogP contribution in [-0.2, 0) is 0 Å². The fraction of sp³-hybridized carbons (Fsp3) is 0.333. The lowest BCUT2D eigenvalue weighted by Gasteiger charge is -2.00. The van der Waals surface area contributed by atoms with Gasteiger partial charge < -0.3 is 10.3 Å². The first kappa shape index (κ1) is 11.9. The number of halogens is 1. The maximum Gasteiger partial charge on any atom is 0.259 e.